The van der Waals surface area contributed by atoms with Crippen molar-refractivity contribution >= 4 is 11.9 Å². The molecule has 0 fully saturated rings. The van der Waals surface area contributed by atoms with Gasteiger partial charge in [-0.2, -0.15) is 0 Å². The molecule has 1 amide bonds. The molecule has 144 valence electrons. The normalized spacial score (nSPS) is 12.8. The molecule has 28 heavy (non-hydrogen) atoms. The summed E-state index contributed by atoms with van der Waals surface area (Å²) in [5.74, 6) is -1.42. The van der Waals surface area contributed by atoms with Gasteiger partial charge in [-0.25, -0.2) is 13.9 Å². The molecule has 0 aliphatic heterocycles. The molecule has 0 bridgehead atoms. The first-order valence-corrected chi connectivity index (χ1v) is 8.54. The fourth-order valence-electron chi connectivity index (χ4n) is 2.48. The van der Waals surface area contributed by atoms with Crippen molar-refractivity contribution in [3.8, 4) is 5.69 Å². The van der Waals surface area contributed by atoms with Gasteiger partial charge in [0.25, 0.3) is 5.91 Å². The Morgan fingerprint density at radius 2 is 1.75 bits per heavy atom. The van der Waals surface area contributed by atoms with Crippen LogP contribution in [0.2, 0.25) is 0 Å². The predicted molar refractivity (Wildman–Crippen MR) is 97.0 cm³/mol. The van der Waals surface area contributed by atoms with Crippen molar-refractivity contribution in [3.63, 3.8) is 0 Å². The van der Waals surface area contributed by atoms with E-state index in [1.54, 1.807) is 43.3 Å². The van der Waals surface area contributed by atoms with E-state index in [9.17, 15) is 14.0 Å². The summed E-state index contributed by atoms with van der Waals surface area (Å²) in [5.41, 5.74) is 1.72. The van der Waals surface area contributed by atoms with Crippen LogP contribution in [0.5, 0.6) is 0 Å². The summed E-state index contributed by atoms with van der Waals surface area (Å²) < 4.78 is 19.7. The minimum absolute atomic E-state index is 0.294. The second-order valence-electron chi connectivity index (χ2n) is 6.13. The summed E-state index contributed by atoms with van der Waals surface area (Å²) in [7, 11) is 0. The quantitative estimate of drug-likeness (QED) is 0.656. The number of carbonyl (C=O) groups excluding carboxylic acids is 2. The second-order valence-corrected chi connectivity index (χ2v) is 6.13. The van der Waals surface area contributed by atoms with Gasteiger partial charge in [-0.05, 0) is 66.2 Å². The van der Waals surface area contributed by atoms with E-state index in [0.29, 0.717) is 11.3 Å². The number of ether oxygens (including phenoxy) is 1. The Morgan fingerprint density at radius 1 is 1.07 bits per heavy atom. The van der Waals surface area contributed by atoms with Crippen LogP contribution in [0.4, 0.5) is 4.39 Å². The van der Waals surface area contributed by atoms with Crippen molar-refractivity contribution < 1.29 is 18.7 Å². The highest BCUT2D eigenvalue weighted by atomic mass is 19.1. The molecular weight excluding hydrogens is 365 g/mol. The van der Waals surface area contributed by atoms with Crippen LogP contribution in [0.15, 0.2) is 54.9 Å². The van der Waals surface area contributed by atoms with Crippen molar-refractivity contribution in [2.75, 3.05) is 0 Å². The first-order valence-electron chi connectivity index (χ1n) is 8.54. The van der Waals surface area contributed by atoms with Crippen LogP contribution in [-0.2, 0) is 9.53 Å². The molecule has 1 heterocycles. The van der Waals surface area contributed by atoms with E-state index in [2.05, 4.69) is 20.8 Å². The number of hydrogen-bond donors (Lipinski definition) is 1. The summed E-state index contributed by atoms with van der Waals surface area (Å²) >= 11 is 0. The topological polar surface area (TPSA) is 99.0 Å². The molecule has 2 aromatic carbocycles. The number of carbonyl (C=O) groups is 2. The lowest BCUT2D eigenvalue weighted by atomic mass is 10.1. The molecule has 3 rings (SSSR count). The predicted octanol–water partition coefficient (Wildman–Crippen LogP) is 2.22. The Morgan fingerprint density at radius 3 is 2.36 bits per heavy atom. The maximum Gasteiger partial charge on any atom is 0.338 e. The van der Waals surface area contributed by atoms with Crippen LogP contribution >= 0.6 is 0 Å². The number of benzene rings is 2. The summed E-state index contributed by atoms with van der Waals surface area (Å²) in [6.07, 6.45) is 0.441. The van der Waals surface area contributed by atoms with E-state index in [1.807, 2.05) is 0 Å². The molecule has 8 nitrogen and oxygen atoms in total. The van der Waals surface area contributed by atoms with Gasteiger partial charge in [-0.15, -0.1) is 5.10 Å². The number of nitrogens with one attached hydrogen (secondary N) is 1. The van der Waals surface area contributed by atoms with Crippen LogP contribution in [0.3, 0.4) is 0 Å². The zero-order valence-corrected chi connectivity index (χ0v) is 15.2. The van der Waals surface area contributed by atoms with Crippen molar-refractivity contribution in [2.24, 2.45) is 0 Å². The second kappa shape index (κ2) is 8.38. The lowest BCUT2D eigenvalue weighted by Gasteiger charge is -2.18. The number of esters is 1. The van der Waals surface area contributed by atoms with Gasteiger partial charge in [-0.1, -0.05) is 12.1 Å². The van der Waals surface area contributed by atoms with Gasteiger partial charge >= 0.3 is 5.97 Å². The first-order chi connectivity index (χ1) is 13.4. The molecule has 2 atom stereocenters. The van der Waals surface area contributed by atoms with Gasteiger partial charge in [-0.3, -0.25) is 4.79 Å². The van der Waals surface area contributed by atoms with Gasteiger partial charge < -0.3 is 10.1 Å². The van der Waals surface area contributed by atoms with Crippen LogP contribution in [0.1, 0.15) is 35.8 Å². The fraction of sp³-hybridized carbons (Fsp3) is 0.211. The molecule has 0 saturated carbocycles. The highest BCUT2D eigenvalue weighted by Gasteiger charge is 2.21. The van der Waals surface area contributed by atoms with Crippen molar-refractivity contribution in [2.45, 2.75) is 26.0 Å². The Hall–Kier alpha value is -3.62. The minimum atomic E-state index is -0.991. The van der Waals surface area contributed by atoms with Crippen LogP contribution < -0.4 is 5.32 Å². The number of aromatic nitrogens is 4. The number of halogens is 1. The van der Waals surface area contributed by atoms with E-state index in [0.717, 1.165) is 5.56 Å². The van der Waals surface area contributed by atoms with Gasteiger partial charge in [0.15, 0.2) is 6.10 Å². The average Bonchev–Trinajstić information content (AvgIpc) is 3.23. The minimum Gasteiger partial charge on any atom is -0.449 e. The largest absolute Gasteiger partial charge is 0.449 e. The summed E-state index contributed by atoms with van der Waals surface area (Å²) in [4.78, 5) is 24.5. The Balaban J connectivity index is 1.57. The zero-order valence-electron chi connectivity index (χ0n) is 15.2. The number of rotatable bonds is 6. The monoisotopic (exact) mass is 383 g/mol. The third kappa shape index (κ3) is 4.56. The Labute approximate surface area is 160 Å². The smallest absolute Gasteiger partial charge is 0.338 e. The number of nitrogens with zero attached hydrogens (tertiary/aromatic N) is 4. The number of hydrogen-bond acceptors (Lipinski definition) is 6. The summed E-state index contributed by atoms with van der Waals surface area (Å²) in [5, 5.41) is 13.6. The molecule has 1 aromatic heterocycles. The molecule has 0 unspecified atom stereocenters. The average molecular weight is 383 g/mol. The molecule has 1 N–H and O–H groups in total. The summed E-state index contributed by atoms with van der Waals surface area (Å²) in [6, 6.07) is 11.9. The summed E-state index contributed by atoms with van der Waals surface area (Å²) in [6.45, 7) is 3.25. The molecule has 9 heteroatoms. The molecule has 3 aromatic rings. The first kappa shape index (κ1) is 19.2. The molecule has 0 spiro atoms. The fourth-order valence-corrected chi connectivity index (χ4v) is 2.48. The maximum absolute atomic E-state index is 13.0. The molecular formula is C19H18FN5O3. The van der Waals surface area contributed by atoms with E-state index < -0.39 is 18.0 Å². The van der Waals surface area contributed by atoms with Crippen LogP contribution in [-0.4, -0.2) is 38.2 Å². The molecule has 0 aliphatic carbocycles. The van der Waals surface area contributed by atoms with Crippen molar-refractivity contribution in [1.82, 2.24) is 25.5 Å². The van der Waals surface area contributed by atoms with Crippen LogP contribution in [0.25, 0.3) is 5.69 Å². The maximum atomic E-state index is 13.0. The SMILES string of the molecule is C[C@H](OC(=O)c1ccc(-n2cnnn2)cc1)C(=O)N[C@H](C)c1ccc(F)cc1. The lowest BCUT2D eigenvalue weighted by molar-refractivity contribution is -0.129. The third-order valence-corrected chi connectivity index (χ3v) is 4.10. The molecule has 0 saturated heterocycles. The molecule has 0 aliphatic rings. The van der Waals surface area contributed by atoms with Crippen molar-refractivity contribution in [1.29, 1.82) is 0 Å². The highest BCUT2D eigenvalue weighted by Crippen LogP contribution is 2.14. The third-order valence-electron chi connectivity index (χ3n) is 4.10. The van der Waals surface area contributed by atoms with E-state index in [-0.39, 0.29) is 11.9 Å². The van der Waals surface area contributed by atoms with E-state index in [1.165, 1.54) is 30.1 Å². The Bertz CT molecular complexity index is 943. The highest BCUT2D eigenvalue weighted by molar-refractivity contribution is 5.92. The van der Waals surface area contributed by atoms with E-state index in [4.69, 9.17) is 4.74 Å². The lowest BCUT2D eigenvalue weighted by Crippen LogP contribution is -2.37. The molecule has 0 radical (unpaired) electrons. The number of amides is 1. The van der Waals surface area contributed by atoms with Crippen LogP contribution in [0, 0.1) is 5.82 Å². The Kier molecular flexibility index (Phi) is 5.73. The standard InChI is InChI=1S/C19H18FN5O3/c1-12(14-3-7-16(20)8-4-14)22-18(26)13(2)28-19(27)15-5-9-17(10-6-15)25-11-21-23-24-25/h3-13H,1-2H3,(H,22,26)/t12-,13+/m1/s1. The van der Waals surface area contributed by atoms with Gasteiger partial charge in [0.1, 0.15) is 12.1 Å². The van der Waals surface area contributed by atoms with Gasteiger partial charge in [0.2, 0.25) is 0 Å². The van der Waals surface area contributed by atoms with E-state index >= 15 is 0 Å². The van der Waals surface area contributed by atoms with Gasteiger partial charge in [0, 0.05) is 0 Å². The van der Waals surface area contributed by atoms with Crippen molar-refractivity contribution in [3.05, 3.63) is 71.8 Å². The van der Waals surface area contributed by atoms with Gasteiger partial charge in [0.05, 0.1) is 17.3 Å². The number of tetrazole rings is 1. The zero-order chi connectivity index (χ0) is 20.1.